The molecule has 100 valence electrons. The van der Waals surface area contributed by atoms with Crippen molar-refractivity contribution in [2.45, 2.75) is 25.0 Å². The van der Waals surface area contributed by atoms with E-state index < -0.39 is 15.3 Å². The fraction of sp³-hybridized carbons (Fsp3) is 0.545. The Hall–Kier alpha value is -0.850. The van der Waals surface area contributed by atoms with Crippen LogP contribution < -0.4 is 4.72 Å². The van der Waals surface area contributed by atoms with Crippen molar-refractivity contribution < 1.29 is 13.2 Å². The van der Waals surface area contributed by atoms with Crippen LogP contribution in [0, 0.1) is 6.92 Å². The van der Waals surface area contributed by atoms with E-state index in [4.69, 9.17) is 16.3 Å². The normalized spacial score (nSPS) is 17.7. The van der Waals surface area contributed by atoms with Gasteiger partial charge in [0.15, 0.2) is 5.15 Å². The molecule has 1 aromatic heterocycles. The molecule has 2 heterocycles. The van der Waals surface area contributed by atoms with Gasteiger partial charge in [0.05, 0.1) is 10.9 Å². The predicted octanol–water partition coefficient (Wildman–Crippen LogP) is 1.96. The molecule has 0 saturated carbocycles. The SMILES string of the molecule is Cc1cnc(Cl)c(NS(=O)(=O)C2CCOCC2)c1. The third-order valence-corrected chi connectivity index (χ3v) is 4.99. The molecule has 1 aliphatic heterocycles. The smallest absolute Gasteiger partial charge is 0.235 e. The van der Waals surface area contributed by atoms with Crippen LogP contribution >= 0.6 is 11.6 Å². The molecule has 7 heteroatoms. The molecule has 0 aromatic carbocycles. The number of pyridine rings is 1. The van der Waals surface area contributed by atoms with Gasteiger partial charge < -0.3 is 4.74 Å². The van der Waals surface area contributed by atoms with Crippen molar-refractivity contribution in [1.29, 1.82) is 0 Å². The zero-order valence-electron chi connectivity index (χ0n) is 10.0. The number of aryl methyl sites for hydroxylation is 1. The van der Waals surface area contributed by atoms with E-state index in [-0.39, 0.29) is 5.15 Å². The molecular weight excluding hydrogens is 276 g/mol. The second-order valence-electron chi connectivity index (χ2n) is 4.31. The summed E-state index contributed by atoms with van der Waals surface area (Å²) in [4.78, 5) is 3.92. The highest BCUT2D eigenvalue weighted by atomic mass is 35.5. The molecule has 1 fully saturated rings. The number of rotatable bonds is 3. The Bertz CT molecular complexity index is 527. The summed E-state index contributed by atoms with van der Waals surface area (Å²) >= 11 is 5.88. The Labute approximate surface area is 112 Å². The van der Waals surface area contributed by atoms with Crippen molar-refractivity contribution in [1.82, 2.24) is 4.98 Å². The molecule has 18 heavy (non-hydrogen) atoms. The van der Waals surface area contributed by atoms with E-state index in [0.29, 0.717) is 31.7 Å². The van der Waals surface area contributed by atoms with Gasteiger partial charge in [-0.3, -0.25) is 4.72 Å². The average molecular weight is 291 g/mol. The minimum atomic E-state index is -3.43. The van der Waals surface area contributed by atoms with Crippen LogP contribution in [0.15, 0.2) is 12.3 Å². The van der Waals surface area contributed by atoms with Gasteiger partial charge in [-0.05, 0) is 31.4 Å². The molecule has 0 bridgehead atoms. The minimum Gasteiger partial charge on any atom is -0.381 e. The highest BCUT2D eigenvalue weighted by molar-refractivity contribution is 7.93. The van der Waals surface area contributed by atoms with Gasteiger partial charge in [0.25, 0.3) is 0 Å². The van der Waals surface area contributed by atoms with Crippen LogP contribution in [0.25, 0.3) is 0 Å². The van der Waals surface area contributed by atoms with Gasteiger partial charge in [-0.15, -0.1) is 0 Å². The molecule has 0 radical (unpaired) electrons. The van der Waals surface area contributed by atoms with Crippen LogP contribution in [0.5, 0.6) is 0 Å². The lowest BCUT2D eigenvalue weighted by Crippen LogP contribution is -2.33. The lowest BCUT2D eigenvalue weighted by atomic mass is 10.2. The number of hydrogen-bond acceptors (Lipinski definition) is 4. The van der Waals surface area contributed by atoms with E-state index in [0.717, 1.165) is 5.56 Å². The fourth-order valence-electron chi connectivity index (χ4n) is 1.85. The second-order valence-corrected chi connectivity index (χ2v) is 6.63. The Morgan fingerprint density at radius 2 is 2.11 bits per heavy atom. The van der Waals surface area contributed by atoms with Crippen molar-refractivity contribution in [2.24, 2.45) is 0 Å². The van der Waals surface area contributed by atoms with E-state index >= 15 is 0 Å². The summed E-state index contributed by atoms with van der Waals surface area (Å²) in [5.74, 6) is 0. The summed E-state index contributed by atoms with van der Waals surface area (Å²) in [6, 6.07) is 1.67. The molecule has 1 saturated heterocycles. The van der Waals surface area contributed by atoms with Crippen LogP contribution in [-0.4, -0.2) is 31.9 Å². The van der Waals surface area contributed by atoms with Crippen molar-refractivity contribution in [3.8, 4) is 0 Å². The second kappa shape index (κ2) is 5.42. The van der Waals surface area contributed by atoms with E-state index in [2.05, 4.69) is 9.71 Å². The van der Waals surface area contributed by atoms with Crippen LogP contribution in [0.1, 0.15) is 18.4 Å². The summed E-state index contributed by atoms with van der Waals surface area (Å²) in [5, 5.41) is -0.265. The lowest BCUT2D eigenvalue weighted by Gasteiger charge is -2.23. The van der Waals surface area contributed by atoms with Crippen molar-refractivity contribution in [3.63, 3.8) is 0 Å². The van der Waals surface area contributed by atoms with Crippen molar-refractivity contribution in [3.05, 3.63) is 23.0 Å². The number of sulfonamides is 1. The first-order chi connectivity index (χ1) is 8.49. The zero-order valence-corrected chi connectivity index (χ0v) is 11.6. The Kier molecular flexibility index (Phi) is 4.09. The van der Waals surface area contributed by atoms with Crippen LogP contribution in [-0.2, 0) is 14.8 Å². The first-order valence-electron chi connectivity index (χ1n) is 5.70. The van der Waals surface area contributed by atoms with Crippen LogP contribution in [0.2, 0.25) is 5.15 Å². The van der Waals surface area contributed by atoms with E-state index in [1.165, 1.54) is 0 Å². The third-order valence-electron chi connectivity index (χ3n) is 2.84. The molecule has 0 spiro atoms. The molecule has 2 rings (SSSR count). The van der Waals surface area contributed by atoms with Gasteiger partial charge in [-0.2, -0.15) is 0 Å². The van der Waals surface area contributed by atoms with Crippen molar-refractivity contribution in [2.75, 3.05) is 17.9 Å². The molecule has 1 N–H and O–H groups in total. The van der Waals surface area contributed by atoms with E-state index in [9.17, 15) is 8.42 Å². The third kappa shape index (κ3) is 3.13. The molecule has 0 atom stereocenters. The van der Waals surface area contributed by atoms with Gasteiger partial charge in [-0.25, -0.2) is 13.4 Å². The standard InChI is InChI=1S/C11H15ClN2O3S/c1-8-6-10(11(12)13-7-8)14-18(15,16)9-2-4-17-5-3-9/h6-7,9,14H,2-5H2,1H3. The first kappa shape index (κ1) is 13.6. The molecule has 0 aliphatic carbocycles. The number of nitrogens with one attached hydrogen (secondary N) is 1. The molecule has 0 unspecified atom stereocenters. The van der Waals surface area contributed by atoms with Gasteiger partial charge in [0.1, 0.15) is 0 Å². The van der Waals surface area contributed by atoms with Gasteiger partial charge in [0.2, 0.25) is 10.0 Å². The van der Waals surface area contributed by atoms with E-state index in [1.54, 1.807) is 12.3 Å². The summed E-state index contributed by atoms with van der Waals surface area (Å²) in [6.07, 6.45) is 2.60. The number of halogens is 1. The largest absolute Gasteiger partial charge is 0.381 e. The summed E-state index contributed by atoms with van der Waals surface area (Å²) < 4.78 is 32.0. The Morgan fingerprint density at radius 3 is 2.78 bits per heavy atom. The Morgan fingerprint density at radius 1 is 1.44 bits per heavy atom. The number of aromatic nitrogens is 1. The number of hydrogen-bond donors (Lipinski definition) is 1. The maximum atomic E-state index is 12.2. The van der Waals surface area contributed by atoms with Gasteiger partial charge in [0, 0.05) is 19.4 Å². The Balaban J connectivity index is 2.18. The van der Waals surface area contributed by atoms with Gasteiger partial charge in [-0.1, -0.05) is 11.6 Å². The fourth-order valence-corrected chi connectivity index (χ4v) is 3.50. The van der Waals surface area contributed by atoms with E-state index in [1.807, 2.05) is 6.92 Å². The number of nitrogens with zero attached hydrogens (tertiary/aromatic N) is 1. The van der Waals surface area contributed by atoms with Crippen molar-refractivity contribution >= 4 is 27.3 Å². The monoisotopic (exact) mass is 290 g/mol. The minimum absolute atomic E-state index is 0.163. The van der Waals surface area contributed by atoms with Crippen LogP contribution in [0.4, 0.5) is 5.69 Å². The predicted molar refractivity (Wildman–Crippen MR) is 70.4 cm³/mol. The summed E-state index contributed by atoms with van der Waals surface area (Å²) in [6.45, 7) is 2.78. The number of anilines is 1. The molecule has 5 nitrogen and oxygen atoms in total. The molecule has 0 amide bonds. The van der Waals surface area contributed by atoms with Gasteiger partial charge >= 0.3 is 0 Å². The molecular formula is C11H15ClN2O3S. The topological polar surface area (TPSA) is 68.3 Å². The summed E-state index contributed by atoms with van der Waals surface area (Å²) in [5.41, 5.74) is 1.19. The maximum Gasteiger partial charge on any atom is 0.235 e. The molecule has 1 aromatic rings. The maximum absolute atomic E-state index is 12.2. The highest BCUT2D eigenvalue weighted by Crippen LogP contribution is 2.24. The summed E-state index contributed by atoms with van der Waals surface area (Å²) in [7, 11) is -3.43. The quantitative estimate of drug-likeness (QED) is 0.864. The lowest BCUT2D eigenvalue weighted by molar-refractivity contribution is 0.0984. The average Bonchev–Trinajstić information content (AvgIpc) is 2.35. The number of ether oxygens (including phenoxy) is 1. The molecule has 1 aliphatic rings. The highest BCUT2D eigenvalue weighted by Gasteiger charge is 2.28. The zero-order chi connectivity index (χ0) is 13.2. The first-order valence-corrected chi connectivity index (χ1v) is 7.63. The van der Waals surface area contributed by atoms with Crippen LogP contribution in [0.3, 0.4) is 0 Å².